The minimum absolute atomic E-state index is 0.226. The predicted octanol–water partition coefficient (Wildman–Crippen LogP) is 2.55. The second kappa shape index (κ2) is 6.28. The summed E-state index contributed by atoms with van der Waals surface area (Å²) in [5, 5.41) is 0.834. The Bertz CT molecular complexity index is 706. The summed E-state index contributed by atoms with van der Waals surface area (Å²) in [6.45, 7) is 7.31. The molecule has 124 valence electrons. The summed E-state index contributed by atoms with van der Waals surface area (Å²) >= 11 is 0. The molecular weight excluding hydrogens is 295 g/mol. The first-order valence-electron chi connectivity index (χ1n) is 7.94. The number of halogens is 1. The Kier molecular flexibility index (Phi) is 4.35. The van der Waals surface area contributed by atoms with Gasteiger partial charge >= 0.3 is 0 Å². The molecule has 5 nitrogen and oxygen atoms in total. The molecular formula is C17H23FN4O. The number of piperazine rings is 1. The number of methoxy groups -OCH3 is 1. The van der Waals surface area contributed by atoms with Crippen molar-refractivity contribution >= 4 is 16.7 Å². The minimum Gasteiger partial charge on any atom is -0.494 e. The van der Waals surface area contributed by atoms with Crippen LogP contribution in [0.3, 0.4) is 0 Å². The van der Waals surface area contributed by atoms with Crippen LogP contribution in [0.15, 0.2) is 18.5 Å². The fraction of sp³-hybridized carbons (Fsp3) is 0.529. The zero-order valence-corrected chi connectivity index (χ0v) is 14.1. The molecule has 1 aliphatic rings. The number of fused-ring (bicyclic) bond motifs is 1. The van der Waals surface area contributed by atoms with E-state index in [4.69, 9.17) is 4.74 Å². The van der Waals surface area contributed by atoms with Gasteiger partial charge in [0.25, 0.3) is 0 Å². The Morgan fingerprint density at radius 1 is 1.26 bits per heavy atom. The van der Waals surface area contributed by atoms with E-state index in [0.29, 0.717) is 17.5 Å². The Balaban J connectivity index is 2.11. The van der Waals surface area contributed by atoms with E-state index in [1.54, 1.807) is 6.07 Å². The van der Waals surface area contributed by atoms with Gasteiger partial charge in [-0.1, -0.05) is 13.8 Å². The fourth-order valence-electron chi connectivity index (χ4n) is 3.22. The van der Waals surface area contributed by atoms with Gasteiger partial charge in [-0.2, -0.15) is 0 Å². The molecule has 0 amide bonds. The first kappa shape index (κ1) is 15.9. The van der Waals surface area contributed by atoms with Gasteiger partial charge in [0, 0.05) is 37.1 Å². The Hall–Kier alpha value is -1.95. The lowest BCUT2D eigenvalue weighted by molar-refractivity contribution is 0.236. The van der Waals surface area contributed by atoms with Crippen molar-refractivity contribution in [2.75, 3.05) is 38.7 Å². The van der Waals surface area contributed by atoms with Crippen LogP contribution in [0.5, 0.6) is 5.75 Å². The minimum atomic E-state index is -0.400. The summed E-state index contributed by atoms with van der Waals surface area (Å²) in [5.74, 6) is 1.18. The maximum Gasteiger partial charge on any atom is 0.167 e. The second-order valence-corrected chi connectivity index (χ2v) is 6.47. The molecule has 6 heteroatoms. The van der Waals surface area contributed by atoms with E-state index >= 15 is 0 Å². The third kappa shape index (κ3) is 2.95. The van der Waals surface area contributed by atoms with Crippen LogP contribution in [-0.4, -0.2) is 54.7 Å². The third-order valence-corrected chi connectivity index (χ3v) is 4.55. The predicted molar refractivity (Wildman–Crippen MR) is 89.5 cm³/mol. The average molecular weight is 318 g/mol. The molecule has 2 heterocycles. The zero-order chi connectivity index (χ0) is 16.6. The van der Waals surface area contributed by atoms with Crippen LogP contribution in [-0.2, 0) is 0 Å². The first-order valence-corrected chi connectivity index (χ1v) is 7.94. The summed E-state index contributed by atoms with van der Waals surface area (Å²) in [7, 11) is 3.61. The zero-order valence-electron chi connectivity index (χ0n) is 14.1. The van der Waals surface area contributed by atoms with E-state index in [9.17, 15) is 4.39 Å². The summed E-state index contributed by atoms with van der Waals surface area (Å²) in [5.41, 5.74) is 0.606. The van der Waals surface area contributed by atoms with Gasteiger partial charge < -0.3 is 14.5 Å². The molecule has 1 aliphatic heterocycles. The smallest absolute Gasteiger partial charge is 0.167 e. The number of nitrogens with zero attached hydrogens (tertiary/aromatic N) is 4. The molecule has 0 radical (unpaired) electrons. The van der Waals surface area contributed by atoms with Crippen molar-refractivity contribution in [2.45, 2.75) is 19.9 Å². The lowest BCUT2D eigenvalue weighted by atomic mass is 9.99. The van der Waals surface area contributed by atoms with Crippen molar-refractivity contribution in [3.05, 3.63) is 24.3 Å². The monoisotopic (exact) mass is 318 g/mol. The fourth-order valence-corrected chi connectivity index (χ4v) is 3.22. The SMILES string of the molecule is COc1cc2c(N3CCN(C)CC3C(C)C)ncnc2cc1F. The van der Waals surface area contributed by atoms with Crippen LogP contribution in [0.25, 0.3) is 10.9 Å². The first-order chi connectivity index (χ1) is 11.0. The highest BCUT2D eigenvalue weighted by Gasteiger charge is 2.30. The standard InChI is InChI=1S/C17H23FN4O/c1-11(2)15-9-21(3)5-6-22(15)17-12-7-16(23-4)13(18)8-14(12)19-10-20-17/h7-8,10-11,15H,5-6,9H2,1-4H3. The summed E-state index contributed by atoms with van der Waals surface area (Å²) in [6.07, 6.45) is 1.51. The molecule has 0 aliphatic carbocycles. The van der Waals surface area contributed by atoms with E-state index in [-0.39, 0.29) is 5.75 Å². The number of hydrogen-bond acceptors (Lipinski definition) is 5. The molecule has 1 atom stereocenters. The normalized spacial score (nSPS) is 19.6. The van der Waals surface area contributed by atoms with Crippen molar-refractivity contribution in [3.8, 4) is 5.75 Å². The van der Waals surface area contributed by atoms with Crippen molar-refractivity contribution < 1.29 is 9.13 Å². The number of benzene rings is 1. The summed E-state index contributed by atoms with van der Waals surface area (Å²) in [4.78, 5) is 13.4. The summed E-state index contributed by atoms with van der Waals surface area (Å²) < 4.78 is 19.1. The van der Waals surface area contributed by atoms with Crippen molar-refractivity contribution in [1.82, 2.24) is 14.9 Å². The van der Waals surface area contributed by atoms with Gasteiger partial charge in [-0.3, -0.25) is 0 Å². The molecule has 3 rings (SSSR count). The number of likely N-dealkylation sites (N-methyl/N-ethyl adjacent to an activating group) is 1. The maximum atomic E-state index is 13.9. The van der Waals surface area contributed by atoms with E-state index in [1.807, 2.05) is 0 Å². The topological polar surface area (TPSA) is 41.5 Å². The van der Waals surface area contributed by atoms with Crippen LogP contribution in [0, 0.1) is 11.7 Å². The largest absolute Gasteiger partial charge is 0.494 e. The third-order valence-electron chi connectivity index (χ3n) is 4.55. The van der Waals surface area contributed by atoms with E-state index in [2.05, 4.69) is 40.7 Å². The molecule has 1 aromatic carbocycles. The lowest BCUT2D eigenvalue weighted by Crippen LogP contribution is -2.54. The highest BCUT2D eigenvalue weighted by Crippen LogP contribution is 2.32. The van der Waals surface area contributed by atoms with Crippen LogP contribution in [0.2, 0.25) is 0 Å². The maximum absolute atomic E-state index is 13.9. The number of rotatable bonds is 3. The van der Waals surface area contributed by atoms with E-state index < -0.39 is 5.82 Å². The molecule has 0 bridgehead atoms. The van der Waals surface area contributed by atoms with Crippen LogP contribution in [0.1, 0.15) is 13.8 Å². The highest BCUT2D eigenvalue weighted by atomic mass is 19.1. The van der Waals surface area contributed by atoms with Crippen molar-refractivity contribution in [2.24, 2.45) is 5.92 Å². The average Bonchev–Trinajstić information content (AvgIpc) is 2.53. The molecule has 1 fully saturated rings. The molecule has 0 N–H and O–H groups in total. The number of ether oxygens (including phenoxy) is 1. The van der Waals surface area contributed by atoms with Crippen molar-refractivity contribution in [1.29, 1.82) is 0 Å². The van der Waals surface area contributed by atoms with Crippen LogP contribution >= 0.6 is 0 Å². The Morgan fingerprint density at radius 3 is 2.74 bits per heavy atom. The summed E-state index contributed by atoms with van der Waals surface area (Å²) in [6, 6.07) is 3.48. The Morgan fingerprint density at radius 2 is 2.04 bits per heavy atom. The van der Waals surface area contributed by atoms with Crippen LogP contribution < -0.4 is 9.64 Å². The molecule has 1 unspecified atom stereocenters. The number of aromatic nitrogens is 2. The van der Waals surface area contributed by atoms with Gasteiger partial charge in [0.05, 0.1) is 12.6 Å². The molecule has 1 saturated heterocycles. The molecule has 0 saturated carbocycles. The van der Waals surface area contributed by atoms with Gasteiger partial charge in [0.1, 0.15) is 12.1 Å². The second-order valence-electron chi connectivity index (χ2n) is 6.47. The van der Waals surface area contributed by atoms with E-state index in [0.717, 1.165) is 30.8 Å². The van der Waals surface area contributed by atoms with Crippen LogP contribution in [0.4, 0.5) is 10.2 Å². The number of anilines is 1. The van der Waals surface area contributed by atoms with Gasteiger partial charge in [-0.15, -0.1) is 0 Å². The van der Waals surface area contributed by atoms with E-state index in [1.165, 1.54) is 19.5 Å². The van der Waals surface area contributed by atoms with Gasteiger partial charge in [0.15, 0.2) is 11.6 Å². The molecule has 2 aromatic rings. The van der Waals surface area contributed by atoms with Gasteiger partial charge in [-0.05, 0) is 19.0 Å². The molecule has 23 heavy (non-hydrogen) atoms. The van der Waals surface area contributed by atoms with Gasteiger partial charge in [0.2, 0.25) is 0 Å². The van der Waals surface area contributed by atoms with Crippen molar-refractivity contribution in [3.63, 3.8) is 0 Å². The quantitative estimate of drug-likeness (QED) is 0.870. The molecule has 1 aromatic heterocycles. The van der Waals surface area contributed by atoms with Gasteiger partial charge in [-0.25, -0.2) is 14.4 Å². The molecule has 0 spiro atoms. The highest BCUT2D eigenvalue weighted by molar-refractivity contribution is 5.90. The Labute approximate surface area is 136 Å². The number of hydrogen-bond donors (Lipinski definition) is 0. The lowest BCUT2D eigenvalue weighted by Gasteiger charge is -2.43.